The van der Waals surface area contributed by atoms with Gasteiger partial charge in [0.05, 0.1) is 5.56 Å². The molecule has 1 aliphatic rings. The summed E-state index contributed by atoms with van der Waals surface area (Å²) in [6, 6.07) is 19.3. The van der Waals surface area contributed by atoms with Gasteiger partial charge in [0.1, 0.15) is 24.2 Å². The van der Waals surface area contributed by atoms with Crippen molar-refractivity contribution in [2.24, 2.45) is 0 Å². The molecule has 1 aliphatic heterocycles. The first kappa shape index (κ1) is 20.1. The smallest absolute Gasteiger partial charge is 0.349 e. The number of aryl methyl sites for hydroxylation is 1. The van der Waals surface area contributed by atoms with Crippen molar-refractivity contribution in [3.8, 4) is 29.1 Å². The van der Waals surface area contributed by atoms with E-state index in [1.54, 1.807) is 49.4 Å². The number of rotatable bonds is 7. The van der Waals surface area contributed by atoms with Gasteiger partial charge in [0.15, 0.2) is 11.5 Å². The molecule has 0 spiro atoms. The zero-order chi connectivity index (χ0) is 21.8. The van der Waals surface area contributed by atoms with Gasteiger partial charge >= 0.3 is 5.97 Å². The van der Waals surface area contributed by atoms with E-state index in [0.717, 1.165) is 11.1 Å². The van der Waals surface area contributed by atoms with Crippen LogP contribution in [0.25, 0.3) is 0 Å². The van der Waals surface area contributed by atoms with Gasteiger partial charge in [-0.15, -0.1) is 0 Å². The van der Waals surface area contributed by atoms with E-state index in [9.17, 15) is 15.2 Å². The van der Waals surface area contributed by atoms with Crippen LogP contribution < -0.4 is 18.9 Å². The van der Waals surface area contributed by atoms with Crippen LogP contribution in [0.5, 0.6) is 23.0 Å². The maximum absolute atomic E-state index is 12.0. The molecule has 3 aromatic carbocycles. The largest absolute Gasteiger partial charge is 0.489 e. The zero-order valence-electron chi connectivity index (χ0n) is 16.7. The molecule has 0 radical (unpaired) electrons. The third kappa shape index (κ3) is 4.38. The number of fused-ring (bicyclic) bond motifs is 1. The third-order valence-corrected chi connectivity index (χ3v) is 4.85. The lowest BCUT2D eigenvalue weighted by molar-refractivity contribution is -0.145. The number of carboxylic acids is 1. The lowest BCUT2D eigenvalue weighted by atomic mass is 10.0. The Hall–Kier alpha value is -4.18. The van der Waals surface area contributed by atoms with Gasteiger partial charge < -0.3 is 24.1 Å². The Morgan fingerprint density at radius 3 is 2.74 bits per heavy atom. The molecule has 0 aliphatic carbocycles. The second-order valence-corrected chi connectivity index (χ2v) is 6.94. The van der Waals surface area contributed by atoms with E-state index >= 15 is 0 Å². The number of nitrogens with zero attached hydrogens (tertiary/aromatic N) is 1. The number of carboxylic acid groups (broad SMARTS) is 1. The summed E-state index contributed by atoms with van der Waals surface area (Å²) in [7, 11) is 0. The lowest BCUT2D eigenvalue weighted by Crippen LogP contribution is -2.19. The molecule has 156 valence electrons. The highest BCUT2D eigenvalue weighted by molar-refractivity contribution is 5.76. The van der Waals surface area contributed by atoms with Gasteiger partial charge in [-0.1, -0.05) is 24.3 Å². The van der Waals surface area contributed by atoms with Crippen LogP contribution in [0, 0.1) is 18.3 Å². The second kappa shape index (κ2) is 8.67. The Bertz CT molecular complexity index is 1170. The van der Waals surface area contributed by atoms with Crippen LogP contribution >= 0.6 is 0 Å². The summed E-state index contributed by atoms with van der Waals surface area (Å²) in [6.07, 6.45) is -1.29. The van der Waals surface area contributed by atoms with Crippen molar-refractivity contribution in [1.29, 1.82) is 5.26 Å². The molecule has 0 unspecified atom stereocenters. The zero-order valence-corrected chi connectivity index (χ0v) is 16.7. The van der Waals surface area contributed by atoms with E-state index in [1.165, 1.54) is 0 Å². The van der Waals surface area contributed by atoms with Crippen molar-refractivity contribution in [1.82, 2.24) is 0 Å². The van der Waals surface area contributed by atoms with E-state index in [-0.39, 0.29) is 24.7 Å². The first-order valence-electron chi connectivity index (χ1n) is 9.55. The fourth-order valence-electron chi connectivity index (χ4n) is 3.22. The molecule has 0 amide bonds. The molecule has 0 fully saturated rings. The standard InChI is InChI=1S/C24H19NO6/c1-15-6-8-18(28-13-16-7-9-21-22(10-16)30-14-29-21)11-19(15)23(24(26)27)31-20-5-3-2-4-17(20)12-25/h2-11,23H,13-14H2,1H3,(H,26,27)/t23-/m0/s1. The first-order chi connectivity index (χ1) is 15.0. The van der Waals surface area contributed by atoms with Crippen LogP contribution in [0.2, 0.25) is 0 Å². The van der Waals surface area contributed by atoms with E-state index in [2.05, 4.69) is 0 Å². The molecular formula is C24H19NO6. The van der Waals surface area contributed by atoms with Crippen molar-refractivity contribution >= 4 is 5.97 Å². The predicted octanol–water partition coefficient (Wildman–Crippen LogP) is 4.38. The molecule has 7 heteroatoms. The molecule has 0 bridgehead atoms. The van der Waals surface area contributed by atoms with Gasteiger partial charge in [-0.2, -0.15) is 5.26 Å². The van der Waals surface area contributed by atoms with Gasteiger partial charge in [-0.3, -0.25) is 0 Å². The third-order valence-electron chi connectivity index (χ3n) is 4.85. The minimum atomic E-state index is -1.29. The van der Waals surface area contributed by atoms with Crippen molar-refractivity contribution in [2.45, 2.75) is 19.6 Å². The number of hydrogen-bond acceptors (Lipinski definition) is 6. The number of carbonyl (C=O) groups is 1. The van der Waals surface area contributed by atoms with Crippen LogP contribution in [-0.2, 0) is 11.4 Å². The Morgan fingerprint density at radius 2 is 1.94 bits per heavy atom. The molecule has 7 nitrogen and oxygen atoms in total. The molecule has 0 saturated carbocycles. The van der Waals surface area contributed by atoms with Crippen molar-refractivity contribution in [3.63, 3.8) is 0 Å². The number of hydrogen-bond donors (Lipinski definition) is 1. The highest BCUT2D eigenvalue weighted by Crippen LogP contribution is 2.33. The number of ether oxygens (including phenoxy) is 4. The van der Waals surface area contributed by atoms with E-state index in [1.807, 2.05) is 24.3 Å². The minimum Gasteiger partial charge on any atom is -0.489 e. The average molecular weight is 417 g/mol. The number of para-hydroxylation sites is 1. The second-order valence-electron chi connectivity index (χ2n) is 6.94. The fraction of sp³-hybridized carbons (Fsp3) is 0.167. The van der Waals surface area contributed by atoms with Crippen molar-refractivity contribution in [2.75, 3.05) is 6.79 Å². The van der Waals surface area contributed by atoms with Crippen LogP contribution in [0.3, 0.4) is 0 Å². The predicted molar refractivity (Wildman–Crippen MR) is 110 cm³/mol. The topological polar surface area (TPSA) is 98.0 Å². The van der Waals surface area contributed by atoms with Gasteiger partial charge in [-0.05, 0) is 54.4 Å². The summed E-state index contributed by atoms with van der Waals surface area (Å²) < 4.78 is 22.3. The number of benzene rings is 3. The van der Waals surface area contributed by atoms with Crippen LogP contribution in [-0.4, -0.2) is 17.9 Å². The van der Waals surface area contributed by atoms with Crippen molar-refractivity contribution in [3.05, 3.63) is 82.9 Å². The molecule has 0 aromatic heterocycles. The first-order valence-corrected chi connectivity index (χ1v) is 9.55. The molecular weight excluding hydrogens is 398 g/mol. The molecule has 1 heterocycles. The highest BCUT2D eigenvalue weighted by Gasteiger charge is 2.25. The van der Waals surface area contributed by atoms with Crippen LogP contribution in [0.15, 0.2) is 60.7 Å². The molecule has 4 rings (SSSR count). The fourth-order valence-corrected chi connectivity index (χ4v) is 3.22. The summed E-state index contributed by atoms with van der Waals surface area (Å²) >= 11 is 0. The maximum atomic E-state index is 12.0. The van der Waals surface area contributed by atoms with Crippen LogP contribution in [0.1, 0.15) is 28.4 Å². The van der Waals surface area contributed by atoms with Gasteiger partial charge in [0.25, 0.3) is 0 Å². The summed E-state index contributed by atoms with van der Waals surface area (Å²) in [6.45, 7) is 2.27. The Balaban J connectivity index is 1.55. The molecule has 0 saturated heterocycles. The number of nitriles is 1. The van der Waals surface area contributed by atoms with Gasteiger partial charge in [0.2, 0.25) is 12.9 Å². The number of aliphatic carboxylic acids is 1. The van der Waals surface area contributed by atoms with Gasteiger partial charge in [-0.25, -0.2) is 4.79 Å². The van der Waals surface area contributed by atoms with E-state index in [0.29, 0.717) is 22.8 Å². The van der Waals surface area contributed by atoms with Crippen LogP contribution in [0.4, 0.5) is 0 Å². The van der Waals surface area contributed by atoms with Crippen molar-refractivity contribution < 1.29 is 28.8 Å². The summed E-state index contributed by atoms with van der Waals surface area (Å²) in [5.74, 6) is 0.913. The molecule has 1 N–H and O–H groups in total. The summed E-state index contributed by atoms with van der Waals surface area (Å²) in [5, 5.41) is 19.1. The monoisotopic (exact) mass is 417 g/mol. The highest BCUT2D eigenvalue weighted by atomic mass is 16.7. The van der Waals surface area contributed by atoms with Gasteiger partial charge in [0, 0.05) is 5.56 Å². The molecule has 31 heavy (non-hydrogen) atoms. The normalized spacial score (nSPS) is 12.6. The quantitative estimate of drug-likeness (QED) is 0.609. The summed E-state index contributed by atoms with van der Waals surface area (Å²) in [5.41, 5.74) is 2.34. The van der Waals surface area contributed by atoms with E-state index in [4.69, 9.17) is 18.9 Å². The van der Waals surface area contributed by atoms with E-state index < -0.39 is 12.1 Å². The SMILES string of the molecule is Cc1ccc(OCc2ccc3c(c2)OCO3)cc1[C@H](Oc1ccccc1C#N)C(=O)O. The molecule has 1 atom stereocenters. The molecule has 3 aromatic rings. The summed E-state index contributed by atoms with van der Waals surface area (Å²) in [4.78, 5) is 12.0. The maximum Gasteiger partial charge on any atom is 0.349 e. The Labute approximate surface area is 179 Å². The minimum absolute atomic E-state index is 0.201. The lowest BCUT2D eigenvalue weighted by Gasteiger charge is -2.19. The Morgan fingerprint density at radius 1 is 1.13 bits per heavy atom. The Kier molecular flexibility index (Phi) is 5.63. The average Bonchev–Trinajstić information content (AvgIpc) is 3.25.